The van der Waals surface area contributed by atoms with Crippen molar-refractivity contribution in [1.29, 1.82) is 0 Å². The fourth-order valence-electron chi connectivity index (χ4n) is 5.69. The topological polar surface area (TPSA) is 149 Å². The Balaban J connectivity index is 1.24. The molecule has 0 spiro atoms. The van der Waals surface area contributed by atoms with Crippen LogP contribution in [0.15, 0.2) is 48.8 Å². The van der Waals surface area contributed by atoms with Crippen LogP contribution in [0, 0.1) is 0 Å². The number of likely N-dealkylation sites (tertiary alicyclic amines) is 2. The van der Waals surface area contributed by atoms with Crippen molar-refractivity contribution in [2.45, 2.75) is 57.3 Å². The number of nitrogens with one attached hydrogen (secondary N) is 1. The number of anilines is 2. The van der Waals surface area contributed by atoms with Crippen molar-refractivity contribution >= 4 is 29.4 Å². The number of amides is 3. The highest BCUT2D eigenvalue weighted by Crippen LogP contribution is 2.37. The molecule has 0 aliphatic carbocycles. The summed E-state index contributed by atoms with van der Waals surface area (Å²) in [5, 5.41) is 2.37. The number of aromatic nitrogens is 2. The molecule has 1 aromatic carbocycles. The maximum atomic E-state index is 13.0. The number of primary amides is 1. The van der Waals surface area contributed by atoms with Crippen LogP contribution in [0.3, 0.4) is 0 Å². The van der Waals surface area contributed by atoms with E-state index in [-0.39, 0.29) is 35.1 Å². The molecule has 240 valence electrons. The van der Waals surface area contributed by atoms with Gasteiger partial charge in [0.1, 0.15) is 17.1 Å². The Morgan fingerprint density at radius 1 is 1.02 bits per heavy atom. The van der Waals surface area contributed by atoms with Crippen LogP contribution < -0.4 is 16.8 Å². The Bertz CT molecular complexity index is 1580. The molecular weight excluding hydrogens is 591 g/mol. The quantitative estimate of drug-likeness (QED) is 0.361. The van der Waals surface area contributed by atoms with Crippen LogP contribution in [-0.4, -0.2) is 75.1 Å². The maximum absolute atomic E-state index is 13.0. The van der Waals surface area contributed by atoms with Gasteiger partial charge in [0.25, 0.3) is 11.8 Å². The highest BCUT2D eigenvalue weighted by Gasteiger charge is 2.39. The summed E-state index contributed by atoms with van der Waals surface area (Å²) in [6.07, 6.45) is -0.499. The van der Waals surface area contributed by atoms with Gasteiger partial charge in [-0.25, -0.2) is 9.78 Å². The van der Waals surface area contributed by atoms with Crippen LogP contribution in [0.1, 0.15) is 71.5 Å². The molecule has 4 heterocycles. The first-order valence-corrected chi connectivity index (χ1v) is 14.6. The number of ether oxygens (including phenoxy) is 1. The van der Waals surface area contributed by atoms with Gasteiger partial charge in [0, 0.05) is 42.8 Å². The second-order valence-corrected chi connectivity index (χ2v) is 12.4. The van der Waals surface area contributed by atoms with Gasteiger partial charge in [0.15, 0.2) is 0 Å². The van der Waals surface area contributed by atoms with Crippen LogP contribution in [0.2, 0.25) is 0 Å². The van der Waals surface area contributed by atoms with E-state index in [1.54, 1.807) is 27.8 Å². The number of halogens is 3. The van der Waals surface area contributed by atoms with Crippen LogP contribution in [-0.2, 0) is 10.9 Å². The molecule has 0 atom stereocenters. The largest absolute Gasteiger partial charge is 0.444 e. The number of nitrogens with two attached hydrogens (primary N) is 2. The molecule has 3 aromatic rings. The predicted octanol–water partition coefficient (Wildman–Crippen LogP) is 4.62. The number of nitrogens with zero attached hydrogens (tertiary/aromatic N) is 4. The molecule has 0 saturated carbocycles. The van der Waals surface area contributed by atoms with E-state index < -0.39 is 29.2 Å². The zero-order valence-electron chi connectivity index (χ0n) is 25.2. The van der Waals surface area contributed by atoms with Gasteiger partial charge < -0.3 is 31.0 Å². The molecular formula is C31H36F3N7O4. The number of carbonyl (C=O) groups excluding carboxylic acids is 3. The zero-order chi connectivity index (χ0) is 32.7. The zero-order valence-corrected chi connectivity index (χ0v) is 25.2. The Morgan fingerprint density at radius 3 is 2.24 bits per heavy atom. The third kappa shape index (κ3) is 7.06. The summed E-state index contributed by atoms with van der Waals surface area (Å²) in [5.74, 6) is -1.50. The molecule has 45 heavy (non-hydrogen) atoms. The Kier molecular flexibility index (Phi) is 8.53. The van der Waals surface area contributed by atoms with Gasteiger partial charge in [0.05, 0.1) is 11.3 Å². The Hall–Kier alpha value is -4.59. The number of rotatable bonds is 6. The van der Waals surface area contributed by atoms with E-state index in [0.29, 0.717) is 24.5 Å². The summed E-state index contributed by atoms with van der Waals surface area (Å²) in [4.78, 5) is 45.3. The van der Waals surface area contributed by atoms with Crippen LogP contribution in [0.4, 0.5) is 29.5 Å². The third-order valence-electron chi connectivity index (χ3n) is 8.04. The first-order chi connectivity index (χ1) is 21.1. The van der Waals surface area contributed by atoms with Gasteiger partial charge in [-0.2, -0.15) is 13.2 Å². The van der Waals surface area contributed by atoms with Gasteiger partial charge in [-0.05, 0) is 94.6 Å². The first kappa shape index (κ1) is 31.8. The van der Waals surface area contributed by atoms with Crippen molar-refractivity contribution in [2.24, 2.45) is 5.73 Å². The lowest BCUT2D eigenvalue weighted by atomic mass is 9.88. The molecule has 5 N–H and O–H groups in total. The van der Waals surface area contributed by atoms with Crippen molar-refractivity contribution in [3.8, 4) is 5.69 Å². The van der Waals surface area contributed by atoms with E-state index in [4.69, 9.17) is 16.2 Å². The predicted molar refractivity (Wildman–Crippen MR) is 161 cm³/mol. The van der Waals surface area contributed by atoms with Gasteiger partial charge >= 0.3 is 12.3 Å². The van der Waals surface area contributed by atoms with E-state index in [2.05, 4.69) is 15.2 Å². The van der Waals surface area contributed by atoms with E-state index in [1.807, 2.05) is 20.8 Å². The lowest BCUT2D eigenvalue weighted by molar-refractivity contribution is -0.137. The highest BCUT2D eigenvalue weighted by molar-refractivity contribution is 6.04. The molecule has 0 bridgehead atoms. The number of nitrogen functional groups attached to an aromatic ring is 1. The summed E-state index contributed by atoms with van der Waals surface area (Å²) in [7, 11) is 0. The molecule has 2 aromatic heterocycles. The van der Waals surface area contributed by atoms with Crippen molar-refractivity contribution < 1.29 is 32.3 Å². The van der Waals surface area contributed by atoms with E-state index >= 15 is 0 Å². The average molecular weight is 628 g/mol. The molecule has 2 fully saturated rings. The van der Waals surface area contributed by atoms with Crippen LogP contribution >= 0.6 is 0 Å². The van der Waals surface area contributed by atoms with Gasteiger partial charge in [-0.1, -0.05) is 0 Å². The highest BCUT2D eigenvalue weighted by atomic mass is 19.4. The van der Waals surface area contributed by atoms with Gasteiger partial charge in [0.2, 0.25) is 0 Å². The molecule has 2 aliphatic rings. The normalized spacial score (nSPS) is 16.7. The summed E-state index contributed by atoms with van der Waals surface area (Å²) in [6, 6.07) is 8.00. The second kappa shape index (κ2) is 12.1. The number of carbonyl (C=O) groups is 3. The van der Waals surface area contributed by atoms with E-state index in [1.165, 1.54) is 12.1 Å². The maximum Gasteiger partial charge on any atom is 0.416 e. The lowest BCUT2D eigenvalue weighted by Gasteiger charge is -2.47. The third-order valence-corrected chi connectivity index (χ3v) is 8.04. The lowest BCUT2D eigenvalue weighted by Crippen LogP contribution is -2.62. The smallest absolute Gasteiger partial charge is 0.416 e. The monoisotopic (exact) mass is 627 g/mol. The average Bonchev–Trinajstić information content (AvgIpc) is 3.28. The fourth-order valence-corrected chi connectivity index (χ4v) is 5.69. The van der Waals surface area contributed by atoms with Crippen LogP contribution in [0.25, 0.3) is 5.69 Å². The van der Waals surface area contributed by atoms with E-state index in [9.17, 15) is 27.6 Å². The van der Waals surface area contributed by atoms with Crippen molar-refractivity contribution in [3.63, 3.8) is 0 Å². The molecule has 2 aliphatic heterocycles. The number of hydrogen-bond acceptors (Lipinski definition) is 7. The summed E-state index contributed by atoms with van der Waals surface area (Å²) in [6.45, 7) is 8.37. The number of pyridine rings is 1. The van der Waals surface area contributed by atoms with E-state index in [0.717, 1.165) is 49.8 Å². The standard InChI is InChI=1S/C31H36F3N7O4/c1-30(2,3)45-29(44)40-15-22(16-40)39-12-9-18(10-13-39)23-17-41(26(25(23)35)27(36)42)21-6-4-19(5-7-21)28(43)38-24-14-20(8-11-37-24)31(32,33)34/h4-8,11,14,17-18,22H,9-10,12-13,15-16,35H2,1-3H3,(H2,36,42)(H,37,38,43). The number of hydrogen-bond donors (Lipinski definition) is 3. The Labute approximate surface area is 258 Å². The van der Waals surface area contributed by atoms with Gasteiger partial charge in [-0.15, -0.1) is 0 Å². The summed E-state index contributed by atoms with van der Waals surface area (Å²) in [5.41, 5.74) is 12.7. The summed E-state index contributed by atoms with van der Waals surface area (Å²) >= 11 is 0. The molecule has 2 saturated heterocycles. The number of alkyl halides is 3. The van der Waals surface area contributed by atoms with Crippen molar-refractivity contribution in [3.05, 3.63) is 71.2 Å². The SMILES string of the molecule is CC(C)(C)OC(=O)N1CC(N2CCC(c3cn(-c4ccc(C(=O)Nc5cc(C(F)(F)F)ccn5)cc4)c(C(N)=O)c3N)CC2)C1. The molecule has 3 amide bonds. The van der Waals surface area contributed by atoms with Crippen molar-refractivity contribution in [1.82, 2.24) is 19.4 Å². The number of piperidine rings is 1. The second-order valence-electron chi connectivity index (χ2n) is 12.4. The minimum atomic E-state index is -4.57. The van der Waals surface area contributed by atoms with Crippen molar-refractivity contribution in [2.75, 3.05) is 37.2 Å². The van der Waals surface area contributed by atoms with Gasteiger partial charge in [-0.3, -0.25) is 14.5 Å². The molecule has 0 radical (unpaired) electrons. The minimum Gasteiger partial charge on any atom is -0.444 e. The Morgan fingerprint density at radius 2 is 1.67 bits per heavy atom. The molecule has 11 nitrogen and oxygen atoms in total. The first-order valence-electron chi connectivity index (χ1n) is 14.6. The fraction of sp³-hybridized carbons (Fsp3) is 0.419. The molecule has 14 heteroatoms. The summed E-state index contributed by atoms with van der Waals surface area (Å²) < 4.78 is 46.1. The molecule has 5 rings (SSSR count). The van der Waals surface area contributed by atoms with Crippen LogP contribution in [0.5, 0.6) is 0 Å². The minimum absolute atomic E-state index is 0.0904. The number of benzene rings is 1. The molecule has 0 unspecified atom stereocenters.